The maximum absolute atomic E-state index is 11.9. The summed E-state index contributed by atoms with van der Waals surface area (Å²) in [5.74, 6) is -0.0912. The molecule has 0 radical (unpaired) electrons. The number of hydrogen-bond donors (Lipinski definition) is 0. The van der Waals surface area contributed by atoms with Crippen LogP contribution in [0.3, 0.4) is 0 Å². The summed E-state index contributed by atoms with van der Waals surface area (Å²) in [6.07, 6.45) is 3.02. The smallest absolute Gasteiger partial charge is 0.186 e. The molecule has 0 bridgehead atoms. The molecule has 0 aliphatic rings. The van der Waals surface area contributed by atoms with Gasteiger partial charge in [-0.05, 0) is 36.8 Å². The number of rotatable bonds is 6. The molecule has 0 saturated carbocycles. The van der Waals surface area contributed by atoms with Gasteiger partial charge in [0.2, 0.25) is 0 Å². The number of thioether (sulfide) groups is 1. The second-order valence-electron chi connectivity index (χ2n) is 5.20. The summed E-state index contributed by atoms with van der Waals surface area (Å²) < 4.78 is 0. The first-order chi connectivity index (χ1) is 11.1. The van der Waals surface area contributed by atoms with Crippen molar-refractivity contribution in [1.82, 2.24) is 0 Å². The van der Waals surface area contributed by atoms with E-state index in [9.17, 15) is 9.59 Å². The molecule has 2 aromatic carbocycles. The molecule has 0 atom stereocenters. The molecular formula is C20H18O2S. The summed E-state index contributed by atoms with van der Waals surface area (Å²) in [6.45, 7) is 3.96. The molecule has 2 aromatic rings. The minimum absolute atomic E-state index is 0.0456. The van der Waals surface area contributed by atoms with Crippen molar-refractivity contribution in [1.29, 1.82) is 0 Å². The third-order valence-corrected chi connectivity index (χ3v) is 3.85. The quantitative estimate of drug-likeness (QED) is 0.546. The number of ketones is 2. The average molecular weight is 322 g/mol. The molecule has 2 rings (SSSR count). The van der Waals surface area contributed by atoms with Gasteiger partial charge in [-0.2, -0.15) is 0 Å². The summed E-state index contributed by atoms with van der Waals surface area (Å²) in [6, 6.07) is 14.9. The lowest BCUT2D eigenvalue weighted by atomic mass is 10.1. The highest BCUT2D eigenvalue weighted by Crippen LogP contribution is 2.10. The minimum atomic E-state index is -0.0456. The van der Waals surface area contributed by atoms with Crippen LogP contribution in [0.5, 0.6) is 0 Å². The van der Waals surface area contributed by atoms with Crippen molar-refractivity contribution in [3.63, 3.8) is 0 Å². The predicted octanol–water partition coefficient (Wildman–Crippen LogP) is 5.13. The lowest BCUT2D eigenvalue weighted by Gasteiger charge is -1.96. The Morgan fingerprint density at radius 3 is 1.39 bits per heavy atom. The van der Waals surface area contributed by atoms with Crippen molar-refractivity contribution < 1.29 is 9.59 Å². The van der Waals surface area contributed by atoms with E-state index >= 15 is 0 Å². The number of carbonyl (C=O) groups is 2. The highest BCUT2D eigenvalue weighted by atomic mass is 32.2. The molecule has 0 unspecified atom stereocenters. The van der Waals surface area contributed by atoms with Crippen molar-refractivity contribution in [3.05, 3.63) is 93.8 Å². The molecule has 0 heterocycles. The third-order valence-electron chi connectivity index (χ3n) is 3.27. The van der Waals surface area contributed by atoms with Crippen LogP contribution in [0.2, 0.25) is 0 Å². The van der Waals surface area contributed by atoms with E-state index in [0.29, 0.717) is 11.1 Å². The molecule has 0 aliphatic heterocycles. The fourth-order valence-electron chi connectivity index (χ4n) is 1.88. The van der Waals surface area contributed by atoms with Gasteiger partial charge in [-0.1, -0.05) is 59.7 Å². The Hall–Kier alpha value is -2.39. The highest BCUT2D eigenvalue weighted by molar-refractivity contribution is 8.04. The van der Waals surface area contributed by atoms with Gasteiger partial charge in [0, 0.05) is 11.1 Å². The van der Waals surface area contributed by atoms with Crippen molar-refractivity contribution >= 4 is 23.3 Å². The molecule has 0 N–H and O–H groups in total. The lowest BCUT2D eigenvalue weighted by molar-refractivity contribution is 0.103. The number of aryl methyl sites for hydroxylation is 2. The molecule has 23 heavy (non-hydrogen) atoms. The third kappa shape index (κ3) is 5.38. The maximum Gasteiger partial charge on any atom is 0.186 e. The van der Waals surface area contributed by atoms with Crippen molar-refractivity contribution in [2.75, 3.05) is 0 Å². The Balaban J connectivity index is 1.86. The van der Waals surface area contributed by atoms with E-state index in [2.05, 4.69) is 0 Å². The van der Waals surface area contributed by atoms with Gasteiger partial charge in [0.15, 0.2) is 11.6 Å². The first-order valence-corrected chi connectivity index (χ1v) is 8.21. The van der Waals surface area contributed by atoms with E-state index in [1.54, 1.807) is 10.8 Å². The summed E-state index contributed by atoms with van der Waals surface area (Å²) in [5.41, 5.74) is 3.56. The van der Waals surface area contributed by atoms with E-state index in [1.807, 2.05) is 62.4 Å². The van der Waals surface area contributed by atoms with Gasteiger partial charge in [0.25, 0.3) is 0 Å². The second-order valence-corrected chi connectivity index (χ2v) is 6.02. The van der Waals surface area contributed by atoms with Crippen LogP contribution in [-0.4, -0.2) is 11.6 Å². The van der Waals surface area contributed by atoms with E-state index < -0.39 is 0 Å². The second kappa shape index (κ2) is 8.30. The molecule has 0 aromatic heterocycles. The Kier molecular flexibility index (Phi) is 6.12. The fraction of sp³-hybridized carbons (Fsp3) is 0.100. The minimum Gasteiger partial charge on any atom is -0.289 e. The molecule has 0 saturated heterocycles. The molecule has 2 nitrogen and oxygen atoms in total. The van der Waals surface area contributed by atoms with Crippen LogP contribution in [0.4, 0.5) is 0 Å². The zero-order chi connectivity index (χ0) is 16.7. The SMILES string of the molecule is Cc1ccc(C(=O)/C=C/S/C=C/C(=O)c2ccc(C)cc2)cc1. The maximum atomic E-state index is 11.9. The Morgan fingerprint density at radius 1 is 0.696 bits per heavy atom. The topological polar surface area (TPSA) is 34.1 Å². The van der Waals surface area contributed by atoms with Gasteiger partial charge < -0.3 is 0 Å². The van der Waals surface area contributed by atoms with Crippen molar-refractivity contribution in [2.24, 2.45) is 0 Å². The van der Waals surface area contributed by atoms with Crippen LogP contribution >= 0.6 is 11.8 Å². The number of carbonyl (C=O) groups excluding carboxylic acids is 2. The number of benzene rings is 2. The van der Waals surface area contributed by atoms with Crippen LogP contribution in [-0.2, 0) is 0 Å². The summed E-state index contributed by atoms with van der Waals surface area (Å²) in [5, 5.41) is 3.36. The number of allylic oxidation sites excluding steroid dienone is 2. The van der Waals surface area contributed by atoms with E-state index in [4.69, 9.17) is 0 Å². The molecule has 0 spiro atoms. The van der Waals surface area contributed by atoms with Crippen LogP contribution in [0.25, 0.3) is 0 Å². The predicted molar refractivity (Wildman–Crippen MR) is 96.9 cm³/mol. The van der Waals surface area contributed by atoms with Crippen LogP contribution in [0, 0.1) is 13.8 Å². The normalized spacial score (nSPS) is 11.2. The van der Waals surface area contributed by atoms with Crippen LogP contribution < -0.4 is 0 Å². The Morgan fingerprint density at radius 2 is 1.04 bits per heavy atom. The van der Waals surface area contributed by atoms with Gasteiger partial charge in [0.05, 0.1) is 0 Å². The van der Waals surface area contributed by atoms with Crippen LogP contribution in [0.1, 0.15) is 31.8 Å². The highest BCUT2D eigenvalue weighted by Gasteiger charge is 2.01. The van der Waals surface area contributed by atoms with Gasteiger partial charge in [-0.3, -0.25) is 9.59 Å². The van der Waals surface area contributed by atoms with Gasteiger partial charge >= 0.3 is 0 Å². The Bertz CT molecular complexity index is 673. The zero-order valence-corrected chi connectivity index (χ0v) is 14.0. The summed E-state index contributed by atoms with van der Waals surface area (Å²) in [4.78, 5) is 23.8. The zero-order valence-electron chi connectivity index (χ0n) is 13.2. The van der Waals surface area contributed by atoms with Gasteiger partial charge in [-0.15, -0.1) is 11.8 Å². The number of hydrogen-bond acceptors (Lipinski definition) is 3. The standard InChI is InChI=1S/C20H18O2S/c1-15-3-7-17(8-4-15)19(21)11-13-23-14-12-20(22)18-9-5-16(2)6-10-18/h3-14H,1-2H3/b13-11+,14-12+. The molecule has 0 fully saturated rings. The summed E-state index contributed by atoms with van der Waals surface area (Å²) >= 11 is 1.30. The van der Waals surface area contributed by atoms with Gasteiger partial charge in [0.1, 0.15) is 0 Å². The van der Waals surface area contributed by atoms with Crippen molar-refractivity contribution in [3.8, 4) is 0 Å². The van der Waals surface area contributed by atoms with Crippen molar-refractivity contribution in [2.45, 2.75) is 13.8 Å². The molecule has 0 aliphatic carbocycles. The summed E-state index contributed by atoms with van der Waals surface area (Å²) in [7, 11) is 0. The van der Waals surface area contributed by atoms with Crippen LogP contribution in [0.15, 0.2) is 71.5 Å². The molecule has 0 amide bonds. The van der Waals surface area contributed by atoms with E-state index in [-0.39, 0.29) is 11.6 Å². The molecule has 3 heteroatoms. The first kappa shape index (κ1) is 17.0. The van der Waals surface area contributed by atoms with Gasteiger partial charge in [-0.25, -0.2) is 0 Å². The van der Waals surface area contributed by atoms with E-state index in [1.165, 1.54) is 23.9 Å². The monoisotopic (exact) mass is 322 g/mol. The largest absolute Gasteiger partial charge is 0.289 e. The lowest BCUT2D eigenvalue weighted by Crippen LogP contribution is -1.93. The first-order valence-electron chi connectivity index (χ1n) is 7.27. The van der Waals surface area contributed by atoms with E-state index in [0.717, 1.165) is 11.1 Å². The molecule has 116 valence electrons. The molecular weight excluding hydrogens is 304 g/mol. The average Bonchev–Trinajstić information content (AvgIpc) is 2.55. The fourth-order valence-corrected chi connectivity index (χ4v) is 2.37. The Labute approximate surface area is 140 Å².